The van der Waals surface area contributed by atoms with Crippen molar-refractivity contribution >= 4 is 22.7 Å². The maximum Gasteiger partial charge on any atom is 0.341 e. The van der Waals surface area contributed by atoms with Crippen LogP contribution < -0.4 is 0 Å². The van der Waals surface area contributed by atoms with Crippen LogP contribution in [0.1, 0.15) is 27.6 Å². The molecule has 5 heteroatoms. The molecule has 0 aliphatic carbocycles. The van der Waals surface area contributed by atoms with Crippen molar-refractivity contribution in [3.8, 4) is 0 Å². The topological polar surface area (TPSA) is 61.8 Å². The van der Waals surface area contributed by atoms with Gasteiger partial charge in [-0.1, -0.05) is 30.3 Å². The molecule has 0 fully saturated rings. The molecular formula is C16H14O5. The third kappa shape index (κ3) is 2.48. The molecule has 108 valence electrons. The van der Waals surface area contributed by atoms with Gasteiger partial charge in [-0.2, -0.15) is 0 Å². The molecule has 1 aliphatic rings. The van der Waals surface area contributed by atoms with Crippen LogP contribution in [0.2, 0.25) is 0 Å². The molecule has 3 rings (SSSR count). The fourth-order valence-electron chi connectivity index (χ4n) is 2.36. The minimum Gasteiger partial charge on any atom is -0.455 e. The van der Waals surface area contributed by atoms with E-state index >= 15 is 0 Å². The lowest BCUT2D eigenvalue weighted by Gasteiger charge is -2.22. The number of carbonyl (C=O) groups excluding carboxylic acids is 2. The Morgan fingerprint density at radius 2 is 1.95 bits per heavy atom. The lowest BCUT2D eigenvalue weighted by atomic mass is 9.99. The van der Waals surface area contributed by atoms with Crippen LogP contribution in [-0.4, -0.2) is 31.4 Å². The van der Waals surface area contributed by atoms with E-state index < -0.39 is 18.2 Å². The van der Waals surface area contributed by atoms with Crippen LogP contribution in [0.4, 0.5) is 0 Å². The summed E-state index contributed by atoms with van der Waals surface area (Å²) >= 11 is 0. The predicted octanol–water partition coefficient (Wildman–Crippen LogP) is 2.53. The minimum absolute atomic E-state index is 0.110. The number of carbonyl (C=O) groups is 2. The standard InChI is InChI=1S/C16H14O5/c1-2-19-13-9-20-16(18)14-11-6-4-3-5-10(11)7-8-12(14)15(17)21-13/h3-8,13H,2,9H2,1H3. The largest absolute Gasteiger partial charge is 0.455 e. The number of ether oxygens (including phenoxy) is 3. The molecule has 0 bridgehead atoms. The van der Waals surface area contributed by atoms with Crippen molar-refractivity contribution < 1.29 is 23.8 Å². The van der Waals surface area contributed by atoms with E-state index in [9.17, 15) is 9.59 Å². The van der Waals surface area contributed by atoms with Crippen molar-refractivity contribution in [1.29, 1.82) is 0 Å². The van der Waals surface area contributed by atoms with E-state index in [1.807, 2.05) is 18.2 Å². The maximum absolute atomic E-state index is 12.3. The number of cyclic esters (lactones) is 2. The van der Waals surface area contributed by atoms with Crippen LogP contribution >= 0.6 is 0 Å². The zero-order valence-corrected chi connectivity index (χ0v) is 11.5. The van der Waals surface area contributed by atoms with Gasteiger partial charge in [0.05, 0.1) is 11.1 Å². The first kappa shape index (κ1) is 13.6. The zero-order chi connectivity index (χ0) is 14.8. The Bertz CT molecular complexity index is 707. The maximum atomic E-state index is 12.3. The molecule has 1 aliphatic heterocycles. The van der Waals surface area contributed by atoms with Crippen molar-refractivity contribution in [2.75, 3.05) is 13.2 Å². The third-order valence-electron chi connectivity index (χ3n) is 3.29. The summed E-state index contributed by atoms with van der Waals surface area (Å²) in [6.07, 6.45) is -0.869. The Kier molecular flexibility index (Phi) is 3.58. The summed E-state index contributed by atoms with van der Waals surface area (Å²) < 4.78 is 15.6. The number of benzene rings is 2. The van der Waals surface area contributed by atoms with Gasteiger partial charge in [0.2, 0.25) is 6.29 Å². The Hall–Kier alpha value is -2.40. The molecule has 0 radical (unpaired) electrons. The molecule has 2 aromatic rings. The Balaban J connectivity index is 2.12. The first-order chi connectivity index (χ1) is 10.2. The highest BCUT2D eigenvalue weighted by molar-refractivity contribution is 6.12. The molecule has 0 spiro atoms. The van der Waals surface area contributed by atoms with Gasteiger partial charge in [-0.05, 0) is 23.8 Å². The van der Waals surface area contributed by atoms with Crippen LogP contribution in [-0.2, 0) is 14.2 Å². The van der Waals surface area contributed by atoms with E-state index in [1.54, 1.807) is 25.1 Å². The number of rotatable bonds is 2. The molecule has 1 unspecified atom stereocenters. The van der Waals surface area contributed by atoms with Crippen LogP contribution in [0.3, 0.4) is 0 Å². The molecule has 0 amide bonds. The molecule has 1 heterocycles. The summed E-state index contributed by atoms with van der Waals surface area (Å²) in [5.41, 5.74) is 0.441. The number of hydrogen-bond donors (Lipinski definition) is 0. The number of hydrogen-bond acceptors (Lipinski definition) is 5. The van der Waals surface area contributed by atoms with Gasteiger partial charge in [-0.15, -0.1) is 0 Å². The molecule has 5 nitrogen and oxygen atoms in total. The Labute approximate surface area is 121 Å². The summed E-state index contributed by atoms with van der Waals surface area (Å²) in [7, 11) is 0. The van der Waals surface area contributed by atoms with Crippen molar-refractivity contribution in [2.45, 2.75) is 13.2 Å². The first-order valence-electron chi connectivity index (χ1n) is 6.72. The zero-order valence-electron chi connectivity index (χ0n) is 11.5. The van der Waals surface area contributed by atoms with Gasteiger partial charge >= 0.3 is 11.9 Å². The average molecular weight is 286 g/mol. The average Bonchev–Trinajstić information content (AvgIpc) is 2.50. The molecule has 1 atom stereocenters. The first-order valence-corrected chi connectivity index (χ1v) is 6.72. The lowest BCUT2D eigenvalue weighted by molar-refractivity contribution is -0.132. The highest BCUT2D eigenvalue weighted by Gasteiger charge is 2.28. The van der Waals surface area contributed by atoms with Crippen molar-refractivity contribution in [3.63, 3.8) is 0 Å². The number of esters is 2. The van der Waals surface area contributed by atoms with Crippen LogP contribution in [0.5, 0.6) is 0 Å². The molecule has 2 aromatic carbocycles. The summed E-state index contributed by atoms with van der Waals surface area (Å²) in [4.78, 5) is 24.5. The van der Waals surface area contributed by atoms with Gasteiger partial charge in [0, 0.05) is 6.61 Å². The SMILES string of the molecule is CCOC1COC(=O)c2c(ccc3ccccc23)C(=O)O1. The highest BCUT2D eigenvalue weighted by Crippen LogP contribution is 2.26. The molecule has 0 aromatic heterocycles. The van der Waals surface area contributed by atoms with E-state index in [2.05, 4.69) is 0 Å². The summed E-state index contributed by atoms with van der Waals surface area (Å²) in [6, 6.07) is 10.7. The van der Waals surface area contributed by atoms with Crippen molar-refractivity contribution in [2.24, 2.45) is 0 Å². The van der Waals surface area contributed by atoms with E-state index in [0.717, 1.165) is 5.39 Å². The van der Waals surface area contributed by atoms with Crippen LogP contribution in [0, 0.1) is 0 Å². The van der Waals surface area contributed by atoms with Gasteiger partial charge in [0.15, 0.2) is 6.61 Å². The molecule has 0 saturated carbocycles. The molecule has 21 heavy (non-hydrogen) atoms. The van der Waals surface area contributed by atoms with Gasteiger partial charge in [0.1, 0.15) is 0 Å². The fraction of sp³-hybridized carbons (Fsp3) is 0.250. The fourth-order valence-corrected chi connectivity index (χ4v) is 2.36. The van der Waals surface area contributed by atoms with Gasteiger partial charge in [-0.25, -0.2) is 9.59 Å². The number of fused-ring (bicyclic) bond motifs is 3. The minimum atomic E-state index is -0.869. The summed E-state index contributed by atoms with van der Waals surface area (Å²) in [5, 5.41) is 1.54. The smallest absolute Gasteiger partial charge is 0.341 e. The summed E-state index contributed by atoms with van der Waals surface area (Å²) in [6.45, 7) is 2.02. The summed E-state index contributed by atoms with van der Waals surface area (Å²) in [5.74, 6) is -1.12. The second-order valence-corrected chi connectivity index (χ2v) is 4.60. The molecule has 0 N–H and O–H groups in total. The van der Waals surface area contributed by atoms with Crippen molar-refractivity contribution in [3.05, 3.63) is 47.5 Å². The van der Waals surface area contributed by atoms with Gasteiger partial charge in [0.25, 0.3) is 0 Å². The third-order valence-corrected chi connectivity index (χ3v) is 3.29. The lowest BCUT2D eigenvalue weighted by Crippen LogP contribution is -2.31. The van der Waals surface area contributed by atoms with E-state index in [-0.39, 0.29) is 17.7 Å². The monoisotopic (exact) mass is 286 g/mol. The van der Waals surface area contributed by atoms with E-state index in [0.29, 0.717) is 12.0 Å². The van der Waals surface area contributed by atoms with Crippen LogP contribution in [0.15, 0.2) is 36.4 Å². The van der Waals surface area contributed by atoms with Crippen LogP contribution in [0.25, 0.3) is 10.8 Å². The highest BCUT2D eigenvalue weighted by atomic mass is 16.7. The Morgan fingerprint density at radius 1 is 1.14 bits per heavy atom. The molecule has 0 saturated heterocycles. The second kappa shape index (κ2) is 5.54. The normalized spacial score (nSPS) is 18.4. The van der Waals surface area contributed by atoms with Crippen molar-refractivity contribution in [1.82, 2.24) is 0 Å². The van der Waals surface area contributed by atoms with E-state index in [4.69, 9.17) is 14.2 Å². The predicted molar refractivity (Wildman–Crippen MR) is 75.1 cm³/mol. The quantitative estimate of drug-likeness (QED) is 0.794. The van der Waals surface area contributed by atoms with E-state index in [1.165, 1.54) is 0 Å². The van der Waals surface area contributed by atoms with Gasteiger partial charge < -0.3 is 14.2 Å². The Morgan fingerprint density at radius 3 is 2.76 bits per heavy atom. The second-order valence-electron chi connectivity index (χ2n) is 4.60. The molecular weight excluding hydrogens is 272 g/mol. The van der Waals surface area contributed by atoms with Gasteiger partial charge in [-0.3, -0.25) is 0 Å².